The average Bonchev–Trinajstić information content (AvgIpc) is 2.88. The number of carbonyl (C=O) groups is 1. The van der Waals surface area contributed by atoms with Crippen molar-refractivity contribution in [3.8, 4) is 0 Å². The van der Waals surface area contributed by atoms with Crippen LogP contribution in [0.4, 0.5) is 0 Å². The molecule has 1 amide bonds. The van der Waals surface area contributed by atoms with Crippen LogP contribution < -0.4 is 5.32 Å². The smallest absolute Gasteiger partial charge is 0.244 e. The number of hydrogen-bond acceptors (Lipinski definition) is 4. The van der Waals surface area contributed by atoms with Crippen molar-refractivity contribution >= 4 is 12.0 Å². The van der Waals surface area contributed by atoms with Gasteiger partial charge in [0.25, 0.3) is 0 Å². The molecule has 0 radical (unpaired) electrons. The van der Waals surface area contributed by atoms with Crippen LogP contribution in [-0.4, -0.2) is 48.2 Å². The molecule has 2 unspecified atom stereocenters. The molecule has 2 heterocycles. The number of carbonyl (C=O) groups excluding carboxylic acids is 1. The second-order valence-electron chi connectivity index (χ2n) is 6.97. The van der Waals surface area contributed by atoms with Crippen LogP contribution in [0, 0.1) is 6.92 Å². The minimum atomic E-state index is -0.114. The average molecular weight is 320 g/mol. The molecule has 2 atom stereocenters. The van der Waals surface area contributed by atoms with Crippen LogP contribution in [0.15, 0.2) is 22.6 Å². The van der Waals surface area contributed by atoms with Crippen molar-refractivity contribution in [2.45, 2.75) is 52.4 Å². The van der Waals surface area contributed by atoms with E-state index in [2.05, 4.69) is 37.9 Å². The highest BCUT2D eigenvalue weighted by molar-refractivity contribution is 5.91. The predicted octanol–water partition coefficient (Wildman–Crippen LogP) is 2.61. The molecule has 5 heteroatoms. The molecule has 1 N–H and O–H groups in total. The van der Waals surface area contributed by atoms with Crippen molar-refractivity contribution in [1.29, 1.82) is 0 Å². The molecule has 128 valence electrons. The molecular weight excluding hydrogens is 292 g/mol. The van der Waals surface area contributed by atoms with Crippen LogP contribution in [0.2, 0.25) is 0 Å². The molecule has 1 aliphatic rings. The van der Waals surface area contributed by atoms with Crippen molar-refractivity contribution in [3.63, 3.8) is 0 Å². The van der Waals surface area contributed by atoms with Gasteiger partial charge in [-0.1, -0.05) is 0 Å². The van der Waals surface area contributed by atoms with Gasteiger partial charge in [-0.3, -0.25) is 9.69 Å². The normalized spacial score (nSPS) is 23.3. The lowest BCUT2D eigenvalue weighted by Gasteiger charge is -2.45. The minimum Gasteiger partial charge on any atom is -0.462 e. The zero-order valence-corrected chi connectivity index (χ0v) is 14.8. The van der Waals surface area contributed by atoms with Crippen molar-refractivity contribution in [2.24, 2.45) is 0 Å². The standard InChI is InChI=1S/C18H28N2O3/c1-13-6-7-16(23-13)8-9-17(21)19-12-18(4,5)20-10-14(2)22-15(3)11-20/h6-9,14-15H,10-12H2,1-5H3,(H,19,21)/b9-8+. The molecule has 0 aromatic carbocycles. The molecule has 5 nitrogen and oxygen atoms in total. The lowest BCUT2D eigenvalue weighted by molar-refractivity contribution is -0.118. The van der Waals surface area contributed by atoms with E-state index in [4.69, 9.17) is 9.15 Å². The van der Waals surface area contributed by atoms with E-state index in [1.54, 1.807) is 6.08 Å². The van der Waals surface area contributed by atoms with E-state index in [1.165, 1.54) is 6.08 Å². The van der Waals surface area contributed by atoms with E-state index in [-0.39, 0.29) is 23.7 Å². The van der Waals surface area contributed by atoms with E-state index in [0.717, 1.165) is 18.8 Å². The molecule has 1 aromatic heterocycles. The molecule has 0 spiro atoms. The SMILES string of the molecule is Cc1ccc(/C=C/C(=O)NCC(C)(C)N2CC(C)OC(C)C2)o1. The van der Waals surface area contributed by atoms with Gasteiger partial charge in [-0.15, -0.1) is 0 Å². The first kappa shape index (κ1) is 17.8. The Bertz CT molecular complexity index is 552. The summed E-state index contributed by atoms with van der Waals surface area (Å²) in [5.41, 5.74) is -0.114. The number of rotatable bonds is 5. The van der Waals surface area contributed by atoms with Crippen molar-refractivity contribution in [1.82, 2.24) is 10.2 Å². The topological polar surface area (TPSA) is 54.7 Å². The Hall–Kier alpha value is -1.59. The highest BCUT2D eigenvalue weighted by Crippen LogP contribution is 2.20. The summed E-state index contributed by atoms with van der Waals surface area (Å²) in [7, 11) is 0. The van der Waals surface area contributed by atoms with Crippen LogP contribution in [0.25, 0.3) is 6.08 Å². The first-order valence-corrected chi connectivity index (χ1v) is 8.19. The summed E-state index contributed by atoms with van der Waals surface area (Å²) in [5, 5.41) is 2.98. The van der Waals surface area contributed by atoms with Crippen LogP contribution in [-0.2, 0) is 9.53 Å². The molecular formula is C18H28N2O3. The number of nitrogens with one attached hydrogen (secondary N) is 1. The minimum absolute atomic E-state index is 0.110. The van der Waals surface area contributed by atoms with E-state index in [0.29, 0.717) is 12.3 Å². The number of nitrogens with zero attached hydrogens (tertiary/aromatic N) is 1. The summed E-state index contributed by atoms with van der Waals surface area (Å²) >= 11 is 0. The number of amides is 1. The van der Waals surface area contributed by atoms with Gasteiger partial charge in [0.15, 0.2) is 0 Å². The maximum Gasteiger partial charge on any atom is 0.244 e. The first-order valence-electron chi connectivity index (χ1n) is 8.19. The summed E-state index contributed by atoms with van der Waals surface area (Å²) in [4.78, 5) is 14.4. The largest absolute Gasteiger partial charge is 0.462 e. The van der Waals surface area contributed by atoms with Gasteiger partial charge in [0.1, 0.15) is 11.5 Å². The molecule has 0 bridgehead atoms. The molecule has 2 rings (SSSR count). The van der Waals surface area contributed by atoms with Crippen LogP contribution in [0.3, 0.4) is 0 Å². The van der Waals surface area contributed by atoms with E-state index in [1.807, 2.05) is 19.1 Å². The van der Waals surface area contributed by atoms with Gasteiger partial charge < -0.3 is 14.5 Å². The Morgan fingerprint density at radius 2 is 2.00 bits per heavy atom. The lowest BCUT2D eigenvalue weighted by Crippen LogP contribution is -2.58. The fourth-order valence-corrected chi connectivity index (χ4v) is 2.85. The van der Waals surface area contributed by atoms with E-state index in [9.17, 15) is 4.79 Å². The van der Waals surface area contributed by atoms with E-state index < -0.39 is 0 Å². The Morgan fingerprint density at radius 3 is 2.57 bits per heavy atom. The Kier molecular flexibility index (Phi) is 5.65. The molecule has 1 saturated heterocycles. The summed E-state index contributed by atoms with van der Waals surface area (Å²) in [6.07, 6.45) is 3.64. The Morgan fingerprint density at radius 1 is 1.35 bits per heavy atom. The second kappa shape index (κ2) is 7.32. The van der Waals surface area contributed by atoms with Crippen LogP contribution >= 0.6 is 0 Å². The third kappa shape index (κ3) is 5.22. The van der Waals surface area contributed by atoms with Crippen LogP contribution in [0.5, 0.6) is 0 Å². The highest BCUT2D eigenvalue weighted by atomic mass is 16.5. The quantitative estimate of drug-likeness (QED) is 0.847. The summed E-state index contributed by atoms with van der Waals surface area (Å²) < 4.78 is 11.2. The van der Waals surface area contributed by atoms with E-state index >= 15 is 0 Å². The zero-order chi connectivity index (χ0) is 17.0. The lowest BCUT2D eigenvalue weighted by atomic mass is 10.00. The van der Waals surface area contributed by atoms with Gasteiger partial charge >= 0.3 is 0 Å². The van der Waals surface area contributed by atoms with Gasteiger partial charge in [-0.2, -0.15) is 0 Å². The fourth-order valence-electron chi connectivity index (χ4n) is 2.85. The zero-order valence-electron chi connectivity index (χ0n) is 14.8. The molecule has 1 fully saturated rings. The predicted molar refractivity (Wildman–Crippen MR) is 91.1 cm³/mol. The molecule has 1 aliphatic heterocycles. The molecule has 0 saturated carbocycles. The molecule has 23 heavy (non-hydrogen) atoms. The second-order valence-corrected chi connectivity index (χ2v) is 6.97. The Labute approximate surface area is 138 Å². The van der Waals surface area contributed by atoms with Gasteiger partial charge in [-0.05, 0) is 52.8 Å². The third-order valence-corrected chi connectivity index (χ3v) is 4.13. The third-order valence-electron chi connectivity index (χ3n) is 4.13. The number of hydrogen-bond donors (Lipinski definition) is 1. The summed E-state index contributed by atoms with van der Waals surface area (Å²) in [6, 6.07) is 3.72. The van der Waals surface area contributed by atoms with Gasteiger partial charge in [-0.25, -0.2) is 0 Å². The van der Waals surface area contributed by atoms with Gasteiger partial charge in [0, 0.05) is 31.2 Å². The number of aryl methyl sites for hydroxylation is 1. The number of furan rings is 1. The van der Waals surface area contributed by atoms with Crippen molar-refractivity contribution in [3.05, 3.63) is 29.7 Å². The van der Waals surface area contributed by atoms with Crippen LogP contribution in [0.1, 0.15) is 39.2 Å². The monoisotopic (exact) mass is 320 g/mol. The number of morpholine rings is 1. The summed E-state index contributed by atoms with van der Waals surface area (Å²) in [5.74, 6) is 1.41. The van der Waals surface area contributed by atoms with Crippen molar-refractivity contribution in [2.75, 3.05) is 19.6 Å². The maximum absolute atomic E-state index is 12.0. The number of ether oxygens (including phenoxy) is 1. The maximum atomic E-state index is 12.0. The fraction of sp³-hybridized carbons (Fsp3) is 0.611. The van der Waals surface area contributed by atoms with Crippen molar-refractivity contribution < 1.29 is 13.9 Å². The Balaban J connectivity index is 1.85. The molecule has 0 aliphatic carbocycles. The molecule has 1 aromatic rings. The van der Waals surface area contributed by atoms with Gasteiger partial charge in [0.05, 0.1) is 12.2 Å². The highest BCUT2D eigenvalue weighted by Gasteiger charge is 2.33. The first-order chi connectivity index (χ1) is 10.8. The summed E-state index contributed by atoms with van der Waals surface area (Å²) in [6.45, 7) is 12.7. The van der Waals surface area contributed by atoms with Gasteiger partial charge in [0.2, 0.25) is 5.91 Å².